The summed E-state index contributed by atoms with van der Waals surface area (Å²) in [7, 11) is 0. The van der Waals surface area contributed by atoms with Gasteiger partial charge in [0.25, 0.3) is 0 Å². The van der Waals surface area contributed by atoms with Gasteiger partial charge < -0.3 is 10.0 Å². The van der Waals surface area contributed by atoms with Crippen LogP contribution in [0.2, 0.25) is 0 Å². The molecule has 1 fully saturated rings. The van der Waals surface area contributed by atoms with Gasteiger partial charge in [-0.1, -0.05) is 44.2 Å². The molecule has 0 atom stereocenters. The standard InChI is InChI=1S/C19H25NO3/c1-14(2)16-8-10-20(11-9-16)18(21)13-17(19(22)23)12-15-6-4-3-5-7-15/h3-7,12,14,16H,8-11,13H2,1-2H3,(H,22,23)/b17-12+. The highest BCUT2D eigenvalue weighted by Crippen LogP contribution is 2.25. The maximum Gasteiger partial charge on any atom is 0.332 e. The predicted octanol–water partition coefficient (Wildman–Crippen LogP) is 3.44. The van der Waals surface area contributed by atoms with Gasteiger partial charge in [0.2, 0.25) is 5.91 Å². The summed E-state index contributed by atoms with van der Waals surface area (Å²) in [6.45, 7) is 5.90. The Hall–Kier alpha value is -2.10. The molecule has 4 heteroatoms. The van der Waals surface area contributed by atoms with E-state index in [0.717, 1.165) is 31.5 Å². The SMILES string of the molecule is CC(C)C1CCN(C(=O)C/C(=C\c2ccccc2)C(=O)O)CC1. The van der Waals surface area contributed by atoms with Crippen LogP contribution >= 0.6 is 0 Å². The van der Waals surface area contributed by atoms with Gasteiger partial charge in [0.15, 0.2) is 0 Å². The lowest BCUT2D eigenvalue weighted by atomic mass is 9.86. The van der Waals surface area contributed by atoms with E-state index in [2.05, 4.69) is 13.8 Å². The second kappa shape index (κ2) is 7.95. The molecule has 1 aliphatic rings. The van der Waals surface area contributed by atoms with Crippen molar-refractivity contribution in [1.29, 1.82) is 0 Å². The molecule has 0 spiro atoms. The quantitative estimate of drug-likeness (QED) is 0.847. The van der Waals surface area contributed by atoms with Crippen LogP contribution in [0.4, 0.5) is 0 Å². The minimum Gasteiger partial charge on any atom is -0.478 e. The second-order valence-corrected chi connectivity index (χ2v) is 6.52. The largest absolute Gasteiger partial charge is 0.478 e. The number of piperidine rings is 1. The van der Waals surface area contributed by atoms with Crippen LogP contribution in [0.3, 0.4) is 0 Å². The third kappa shape index (κ3) is 4.95. The normalized spacial score (nSPS) is 16.7. The Labute approximate surface area is 137 Å². The maximum atomic E-state index is 12.4. The van der Waals surface area contributed by atoms with E-state index in [-0.39, 0.29) is 17.9 Å². The molecular formula is C19H25NO3. The number of benzene rings is 1. The van der Waals surface area contributed by atoms with Gasteiger partial charge in [-0.15, -0.1) is 0 Å². The summed E-state index contributed by atoms with van der Waals surface area (Å²) in [5.74, 6) is 0.189. The Morgan fingerprint density at radius 1 is 1.22 bits per heavy atom. The topological polar surface area (TPSA) is 57.6 Å². The zero-order valence-electron chi connectivity index (χ0n) is 13.9. The number of carbonyl (C=O) groups excluding carboxylic acids is 1. The van der Waals surface area contributed by atoms with Crippen molar-refractivity contribution in [3.8, 4) is 0 Å². The zero-order chi connectivity index (χ0) is 16.8. The van der Waals surface area contributed by atoms with Gasteiger partial charge in [-0.05, 0) is 36.3 Å². The van der Waals surface area contributed by atoms with E-state index in [0.29, 0.717) is 11.8 Å². The third-order valence-corrected chi connectivity index (χ3v) is 4.59. The number of hydrogen-bond acceptors (Lipinski definition) is 2. The molecule has 1 saturated heterocycles. The molecule has 1 N–H and O–H groups in total. The molecule has 0 radical (unpaired) electrons. The number of carboxylic acids is 1. The Bertz CT molecular complexity index is 570. The highest BCUT2D eigenvalue weighted by atomic mass is 16.4. The summed E-state index contributed by atoms with van der Waals surface area (Å²) in [4.78, 5) is 25.6. The molecule has 1 aromatic rings. The zero-order valence-corrected chi connectivity index (χ0v) is 13.9. The molecule has 0 bridgehead atoms. The van der Waals surface area contributed by atoms with Crippen molar-refractivity contribution in [1.82, 2.24) is 4.90 Å². The van der Waals surface area contributed by atoms with E-state index in [1.165, 1.54) is 0 Å². The Kier molecular flexibility index (Phi) is 5.97. The molecule has 23 heavy (non-hydrogen) atoms. The van der Waals surface area contributed by atoms with Gasteiger partial charge in [-0.3, -0.25) is 4.79 Å². The molecule has 124 valence electrons. The van der Waals surface area contributed by atoms with E-state index < -0.39 is 5.97 Å². The number of nitrogens with zero attached hydrogens (tertiary/aromatic N) is 1. The Morgan fingerprint density at radius 2 is 1.83 bits per heavy atom. The summed E-state index contributed by atoms with van der Waals surface area (Å²) in [5, 5.41) is 9.36. The fourth-order valence-corrected chi connectivity index (χ4v) is 3.03. The van der Waals surface area contributed by atoms with Gasteiger partial charge in [0, 0.05) is 18.7 Å². The summed E-state index contributed by atoms with van der Waals surface area (Å²) < 4.78 is 0. The van der Waals surface area contributed by atoms with E-state index in [9.17, 15) is 14.7 Å². The molecule has 0 aliphatic carbocycles. The van der Waals surface area contributed by atoms with Gasteiger partial charge in [0.1, 0.15) is 0 Å². The highest BCUT2D eigenvalue weighted by molar-refractivity contribution is 5.98. The summed E-state index contributed by atoms with van der Waals surface area (Å²) in [6.07, 6.45) is 3.56. The monoisotopic (exact) mass is 315 g/mol. The first-order chi connectivity index (χ1) is 11.0. The van der Waals surface area contributed by atoms with Crippen molar-refractivity contribution in [2.75, 3.05) is 13.1 Å². The molecular weight excluding hydrogens is 290 g/mol. The van der Waals surface area contributed by atoms with Crippen molar-refractivity contribution in [3.05, 3.63) is 41.5 Å². The van der Waals surface area contributed by atoms with Crippen LogP contribution in [0.5, 0.6) is 0 Å². The van der Waals surface area contributed by atoms with Crippen molar-refractivity contribution in [2.24, 2.45) is 11.8 Å². The van der Waals surface area contributed by atoms with E-state index >= 15 is 0 Å². The van der Waals surface area contributed by atoms with Crippen LogP contribution in [0, 0.1) is 11.8 Å². The van der Waals surface area contributed by atoms with Gasteiger partial charge >= 0.3 is 5.97 Å². The minimum absolute atomic E-state index is 0.0451. The van der Waals surface area contributed by atoms with Crippen LogP contribution < -0.4 is 0 Å². The van der Waals surface area contributed by atoms with Crippen molar-refractivity contribution in [3.63, 3.8) is 0 Å². The molecule has 0 unspecified atom stereocenters. The molecule has 1 aliphatic heterocycles. The van der Waals surface area contributed by atoms with Crippen LogP contribution in [0.15, 0.2) is 35.9 Å². The first kappa shape index (κ1) is 17.3. The first-order valence-electron chi connectivity index (χ1n) is 8.24. The number of rotatable bonds is 5. The number of carboxylic acid groups (broad SMARTS) is 1. The molecule has 1 amide bonds. The molecule has 1 aromatic carbocycles. The van der Waals surface area contributed by atoms with Crippen LogP contribution in [0.25, 0.3) is 6.08 Å². The molecule has 1 heterocycles. The minimum atomic E-state index is -1.03. The van der Waals surface area contributed by atoms with Crippen LogP contribution in [0.1, 0.15) is 38.7 Å². The van der Waals surface area contributed by atoms with Crippen molar-refractivity contribution >= 4 is 18.0 Å². The average molecular weight is 315 g/mol. The van der Waals surface area contributed by atoms with Gasteiger partial charge in [0.05, 0.1) is 6.42 Å². The number of hydrogen-bond donors (Lipinski definition) is 1. The molecule has 0 saturated carbocycles. The lowest BCUT2D eigenvalue weighted by Gasteiger charge is -2.34. The lowest BCUT2D eigenvalue weighted by Crippen LogP contribution is -2.39. The smallest absolute Gasteiger partial charge is 0.332 e. The Balaban J connectivity index is 2.00. The van der Waals surface area contributed by atoms with Crippen LogP contribution in [-0.4, -0.2) is 35.0 Å². The van der Waals surface area contributed by atoms with E-state index in [1.54, 1.807) is 11.0 Å². The van der Waals surface area contributed by atoms with E-state index in [1.807, 2.05) is 30.3 Å². The summed E-state index contributed by atoms with van der Waals surface area (Å²) in [5.41, 5.74) is 0.948. The second-order valence-electron chi connectivity index (χ2n) is 6.52. The molecule has 0 aromatic heterocycles. The first-order valence-corrected chi connectivity index (χ1v) is 8.24. The highest BCUT2D eigenvalue weighted by Gasteiger charge is 2.25. The maximum absolute atomic E-state index is 12.4. The molecule has 4 nitrogen and oxygen atoms in total. The lowest BCUT2D eigenvalue weighted by molar-refractivity contribution is -0.137. The van der Waals surface area contributed by atoms with Crippen molar-refractivity contribution in [2.45, 2.75) is 33.1 Å². The Morgan fingerprint density at radius 3 is 2.35 bits per heavy atom. The summed E-state index contributed by atoms with van der Waals surface area (Å²) >= 11 is 0. The van der Waals surface area contributed by atoms with Crippen molar-refractivity contribution < 1.29 is 14.7 Å². The fraction of sp³-hybridized carbons (Fsp3) is 0.474. The number of carbonyl (C=O) groups is 2. The van der Waals surface area contributed by atoms with Gasteiger partial charge in [-0.25, -0.2) is 4.79 Å². The number of amides is 1. The average Bonchev–Trinajstić information content (AvgIpc) is 2.55. The van der Waals surface area contributed by atoms with Crippen LogP contribution in [-0.2, 0) is 9.59 Å². The van der Waals surface area contributed by atoms with E-state index in [4.69, 9.17) is 0 Å². The summed E-state index contributed by atoms with van der Waals surface area (Å²) in [6, 6.07) is 9.25. The number of aliphatic carboxylic acids is 1. The molecule has 2 rings (SSSR count). The number of likely N-dealkylation sites (tertiary alicyclic amines) is 1. The fourth-order valence-electron chi connectivity index (χ4n) is 3.03. The third-order valence-electron chi connectivity index (χ3n) is 4.59. The predicted molar refractivity (Wildman–Crippen MR) is 90.8 cm³/mol. The van der Waals surface area contributed by atoms with Gasteiger partial charge in [-0.2, -0.15) is 0 Å².